The third-order valence-corrected chi connectivity index (χ3v) is 1.98. The summed E-state index contributed by atoms with van der Waals surface area (Å²) < 4.78 is 15.4. The third-order valence-electron chi connectivity index (χ3n) is 1.98. The minimum absolute atomic E-state index is 0.183. The van der Waals surface area contributed by atoms with Crippen molar-refractivity contribution in [1.82, 2.24) is 0 Å². The summed E-state index contributed by atoms with van der Waals surface area (Å²) >= 11 is 0. The first kappa shape index (κ1) is 11.8. The normalized spacial score (nSPS) is 12.1. The van der Waals surface area contributed by atoms with E-state index < -0.39 is 0 Å². The van der Waals surface area contributed by atoms with Gasteiger partial charge in [-0.3, -0.25) is 0 Å². The zero-order valence-electron chi connectivity index (χ0n) is 9.10. The maximum Gasteiger partial charge on any atom is 0.191 e. The van der Waals surface area contributed by atoms with Crippen molar-refractivity contribution in [1.29, 1.82) is 0 Å². The van der Waals surface area contributed by atoms with Crippen LogP contribution in [0.2, 0.25) is 0 Å². The second kappa shape index (κ2) is 6.22. The van der Waals surface area contributed by atoms with E-state index in [0.717, 1.165) is 11.3 Å². The van der Waals surface area contributed by atoms with Gasteiger partial charge in [-0.25, -0.2) is 0 Å². The van der Waals surface area contributed by atoms with Gasteiger partial charge in [0.1, 0.15) is 5.75 Å². The Balaban J connectivity index is 2.34. The van der Waals surface area contributed by atoms with E-state index in [4.69, 9.17) is 14.2 Å². The largest absolute Gasteiger partial charge is 0.467 e. The molecule has 0 radical (unpaired) electrons. The SMILES string of the molecule is C=Cc1ccc(OCOC(C)OC)cc1. The summed E-state index contributed by atoms with van der Waals surface area (Å²) in [7, 11) is 1.59. The lowest BCUT2D eigenvalue weighted by Gasteiger charge is -2.11. The van der Waals surface area contributed by atoms with E-state index in [1.807, 2.05) is 31.2 Å². The fourth-order valence-corrected chi connectivity index (χ4v) is 0.966. The van der Waals surface area contributed by atoms with Crippen molar-refractivity contribution >= 4 is 6.08 Å². The van der Waals surface area contributed by atoms with Gasteiger partial charge in [0.05, 0.1) is 0 Å². The van der Waals surface area contributed by atoms with Gasteiger partial charge in [-0.05, 0) is 24.6 Å². The molecule has 0 amide bonds. The van der Waals surface area contributed by atoms with Crippen LogP contribution in [0.4, 0.5) is 0 Å². The van der Waals surface area contributed by atoms with Crippen molar-refractivity contribution in [2.45, 2.75) is 13.2 Å². The van der Waals surface area contributed by atoms with Gasteiger partial charge in [0, 0.05) is 7.11 Å². The van der Waals surface area contributed by atoms with Crippen molar-refractivity contribution in [3.05, 3.63) is 36.4 Å². The van der Waals surface area contributed by atoms with Gasteiger partial charge in [-0.2, -0.15) is 0 Å². The maximum absolute atomic E-state index is 5.34. The Labute approximate surface area is 90.3 Å². The van der Waals surface area contributed by atoms with Crippen LogP contribution in [0, 0.1) is 0 Å². The Hall–Kier alpha value is -1.32. The molecular weight excluding hydrogens is 192 g/mol. The molecule has 0 spiro atoms. The molecule has 1 aromatic rings. The summed E-state index contributed by atoms with van der Waals surface area (Å²) in [5.74, 6) is 0.768. The summed E-state index contributed by atoms with van der Waals surface area (Å²) in [6.07, 6.45) is 1.53. The maximum atomic E-state index is 5.34. The van der Waals surface area contributed by atoms with Crippen LogP contribution in [0.15, 0.2) is 30.8 Å². The van der Waals surface area contributed by atoms with Crippen LogP contribution in [0.25, 0.3) is 6.08 Å². The quantitative estimate of drug-likeness (QED) is 0.673. The molecular formula is C12H16O3. The molecule has 0 bridgehead atoms. The van der Waals surface area contributed by atoms with E-state index >= 15 is 0 Å². The van der Waals surface area contributed by atoms with Crippen molar-refractivity contribution < 1.29 is 14.2 Å². The minimum Gasteiger partial charge on any atom is -0.467 e. The van der Waals surface area contributed by atoms with E-state index in [9.17, 15) is 0 Å². The first-order valence-corrected chi connectivity index (χ1v) is 4.76. The topological polar surface area (TPSA) is 27.7 Å². The average Bonchev–Trinajstić information content (AvgIpc) is 2.29. The zero-order valence-corrected chi connectivity index (χ0v) is 9.10. The van der Waals surface area contributed by atoms with Crippen LogP contribution in [-0.4, -0.2) is 20.2 Å². The van der Waals surface area contributed by atoms with Gasteiger partial charge in [-0.1, -0.05) is 24.8 Å². The van der Waals surface area contributed by atoms with Crippen LogP contribution >= 0.6 is 0 Å². The Morgan fingerprint density at radius 1 is 1.33 bits per heavy atom. The number of hydrogen-bond donors (Lipinski definition) is 0. The molecule has 1 rings (SSSR count). The summed E-state index contributed by atoms with van der Waals surface area (Å²) in [6.45, 7) is 5.67. The molecule has 0 fully saturated rings. The summed E-state index contributed by atoms with van der Waals surface area (Å²) in [5.41, 5.74) is 1.06. The molecule has 0 saturated heterocycles. The molecule has 0 aromatic heterocycles. The average molecular weight is 208 g/mol. The van der Waals surface area contributed by atoms with Crippen molar-refractivity contribution in [3.8, 4) is 5.75 Å². The molecule has 0 aliphatic carbocycles. The summed E-state index contributed by atoms with van der Waals surface area (Å²) in [5, 5.41) is 0. The number of methoxy groups -OCH3 is 1. The van der Waals surface area contributed by atoms with E-state index in [2.05, 4.69) is 6.58 Å². The Bertz CT molecular complexity index is 292. The molecule has 0 saturated carbocycles. The van der Waals surface area contributed by atoms with Crippen LogP contribution in [0.3, 0.4) is 0 Å². The fourth-order valence-electron chi connectivity index (χ4n) is 0.966. The monoisotopic (exact) mass is 208 g/mol. The Morgan fingerprint density at radius 3 is 2.53 bits per heavy atom. The van der Waals surface area contributed by atoms with Crippen LogP contribution in [-0.2, 0) is 9.47 Å². The van der Waals surface area contributed by atoms with E-state index in [1.165, 1.54) is 0 Å². The third kappa shape index (κ3) is 4.14. The van der Waals surface area contributed by atoms with Crippen LogP contribution in [0.1, 0.15) is 12.5 Å². The minimum atomic E-state index is -0.252. The highest BCUT2D eigenvalue weighted by Gasteiger charge is 1.98. The van der Waals surface area contributed by atoms with Crippen molar-refractivity contribution in [2.24, 2.45) is 0 Å². The van der Waals surface area contributed by atoms with Gasteiger partial charge in [-0.15, -0.1) is 0 Å². The van der Waals surface area contributed by atoms with Crippen LogP contribution in [0.5, 0.6) is 5.75 Å². The van der Waals surface area contributed by atoms with E-state index in [0.29, 0.717) is 0 Å². The van der Waals surface area contributed by atoms with Gasteiger partial charge in [0.2, 0.25) is 0 Å². The second-order valence-electron chi connectivity index (χ2n) is 3.01. The van der Waals surface area contributed by atoms with Crippen molar-refractivity contribution in [2.75, 3.05) is 13.9 Å². The van der Waals surface area contributed by atoms with Gasteiger partial charge in [0.25, 0.3) is 0 Å². The number of hydrogen-bond acceptors (Lipinski definition) is 3. The molecule has 1 unspecified atom stereocenters. The molecule has 3 heteroatoms. The highest BCUT2D eigenvalue weighted by molar-refractivity contribution is 5.48. The van der Waals surface area contributed by atoms with E-state index in [-0.39, 0.29) is 13.1 Å². The lowest BCUT2D eigenvalue weighted by atomic mass is 10.2. The van der Waals surface area contributed by atoms with Gasteiger partial charge >= 0.3 is 0 Å². The molecule has 0 N–H and O–H groups in total. The number of benzene rings is 1. The first-order valence-electron chi connectivity index (χ1n) is 4.76. The lowest BCUT2D eigenvalue weighted by Crippen LogP contribution is -2.14. The highest BCUT2D eigenvalue weighted by atomic mass is 16.7. The second-order valence-corrected chi connectivity index (χ2v) is 3.01. The Kier molecular flexibility index (Phi) is 4.87. The predicted octanol–water partition coefficient (Wildman–Crippen LogP) is 2.67. The van der Waals surface area contributed by atoms with Crippen molar-refractivity contribution in [3.63, 3.8) is 0 Å². The summed E-state index contributed by atoms with van der Waals surface area (Å²) in [4.78, 5) is 0. The molecule has 3 nitrogen and oxygen atoms in total. The van der Waals surface area contributed by atoms with E-state index in [1.54, 1.807) is 13.2 Å². The smallest absolute Gasteiger partial charge is 0.191 e. The standard InChI is InChI=1S/C12H16O3/c1-4-11-5-7-12(8-6-11)15-9-14-10(2)13-3/h4-8,10H,1,9H2,2-3H3. The van der Waals surface area contributed by atoms with Gasteiger partial charge in [0.15, 0.2) is 13.1 Å². The van der Waals surface area contributed by atoms with Gasteiger partial charge < -0.3 is 14.2 Å². The Morgan fingerprint density at radius 2 is 2.00 bits per heavy atom. The molecule has 0 heterocycles. The molecule has 0 aliphatic rings. The lowest BCUT2D eigenvalue weighted by molar-refractivity contribution is -0.149. The molecule has 1 atom stereocenters. The molecule has 0 aliphatic heterocycles. The number of ether oxygens (including phenoxy) is 3. The predicted molar refractivity (Wildman–Crippen MR) is 59.6 cm³/mol. The molecule has 82 valence electrons. The number of rotatable bonds is 6. The first-order chi connectivity index (χ1) is 7.26. The molecule has 15 heavy (non-hydrogen) atoms. The summed E-state index contributed by atoms with van der Waals surface area (Å²) in [6, 6.07) is 7.61. The fraction of sp³-hybridized carbons (Fsp3) is 0.333. The highest BCUT2D eigenvalue weighted by Crippen LogP contribution is 2.12. The zero-order chi connectivity index (χ0) is 11.1. The van der Waals surface area contributed by atoms with Crippen LogP contribution < -0.4 is 4.74 Å². The molecule has 1 aromatic carbocycles.